The number of Topliss-reactive ketones (excluding diaryl/α,β-unsaturated/α-hetero) is 1. The van der Waals surface area contributed by atoms with E-state index in [2.05, 4.69) is 5.16 Å². The van der Waals surface area contributed by atoms with Gasteiger partial charge in [-0.3, -0.25) is 14.5 Å². The highest BCUT2D eigenvalue weighted by molar-refractivity contribution is 6.51. The molecule has 1 aliphatic heterocycles. The predicted octanol–water partition coefficient (Wildman–Crippen LogP) is 4.80. The molecule has 1 unspecified atom stereocenters. The van der Waals surface area contributed by atoms with Crippen LogP contribution in [-0.4, -0.2) is 35.2 Å². The summed E-state index contributed by atoms with van der Waals surface area (Å²) in [6.07, 6.45) is 0.871. The summed E-state index contributed by atoms with van der Waals surface area (Å²) in [5.74, 6) is 0.121. The normalized spacial score (nSPS) is 17.3. The minimum absolute atomic E-state index is 0.0305. The van der Waals surface area contributed by atoms with Gasteiger partial charge in [0.15, 0.2) is 5.82 Å². The Morgan fingerprint density at radius 1 is 1.03 bits per heavy atom. The van der Waals surface area contributed by atoms with Gasteiger partial charge in [0.25, 0.3) is 5.78 Å². The van der Waals surface area contributed by atoms with Gasteiger partial charge in [0.05, 0.1) is 24.8 Å². The minimum Gasteiger partial charge on any atom is -0.507 e. The number of aliphatic hydroxyl groups is 1. The van der Waals surface area contributed by atoms with E-state index < -0.39 is 17.7 Å². The summed E-state index contributed by atoms with van der Waals surface area (Å²) in [7, 11) is 0. The average Bonchev–Trinajstić information content (AvgIpc) is 3.38. The Hall–Kier alpha value is -4.07. The quantitative estimate of drug-likeness (QED) is 0.291. The molecule has 0 spiro atoms. The first kappa shape index (κ1) is 23.1. The van der Waals surface area contributed by atoms with Gasteiger partial charge in [0.1, 0.15) is 23.0 Å². The van der Waals surface area contributed by atoms with E-state index in [-0.39, 0.29) is 17.2 Å². The first-order chi connectivity index (χ1) is 16.4. The number of aliphatic hydroxyl groups excluding tert-OH is 1. The molecule has 34 heavy (non-hydrogen) atoms. The van der Waals surface area contributed by atoms with Gasteiger partial charge in [-0.05, 0) is 62.2 Å². The van der Waals surface area contributed by atoms with E-state index in [1.807, 2.05) is 13.8 Å². The smallest absolute Gasteiger partial charge is 0.301 e. The van der Waals surface area contributed by atoms with Crippen molar-refractivity contribution >= 4 is 23.3 Å². The van der Waals surface area contributed by atoms with Crippen LogP contribution >= 0.6 is 0 Å². The van der Waals surface area contributed by atoms with Gasteiger partial charge in [0.2, 0.25) is 0 Å². The maximum Gasteiger partial charge on any atom is 0.301 e. The van der Waals surface area contributed by atoms with Crippen molar-refractivity contribution in [1.29, 1.82) is 0 Å². The maximum atomic E-state index is 13.2. The topological polar surface area (TPSA) is 102 Å². The number of hydrogen-bond donors (Lipinski definition) is 1. The summed E-state index contributed by atoms with van der Waals surface area (Å²) in [6, 6.07) is 14.5. The first-order valence-electron chi connectivity index (χ1n) is 11.1. The van der Waals surface area contributed by atoms with Crippen LogP contribution < -0.4 is 14.4 Å². The first-order valence-corrected chi connectivity index (χ1v) is 11.1. The number of rotatable bonds is 8. The van der Waals surface area contributed by atoms with Gasteiger partial charge in [-0.1, -0.05) is 24.2 Å². The number of amides is 1. The second kappa shape index (κ2) is 9.82. The van der Waals surface area contributed by atoms with E-state index in [1.165, 1.54) is 4.90 Å². The summed E-state index contributed by atoms with van der Waals surface area (Å²) < 4.78 is 16.3. The van der Waals surface area contributed by atoms with Crippen molar-refractivity contribution in [3.05, 3.63) is 77.1 Å². The van der Waals surface area contributed by atoms with Crippen molar-refractivity contribution in [2.24, 2.45) is 0 Å². The summed E-state index contributed by atoms with van der Waals surface area (Å²) in [4.78, 5) is 27.5. The van der Waals surface area contributed by atoms with E-state index >= 15 is 0 Å². The molecule has 3 aromatic rings. The lowest BCUT2D eigenvalue weighted by molar-refractivity contribution is -0.132. The van der Waals surface area contributed by atoms with Crippen LogP contribution in [0.3, 0.4) is 0 Å². The van der Waals surface area contributed by atoms with E-state index in [0.717, 1.165) is 6.42 Å². The van der Waals surface area contributed by atoms with E-state index in [1.54, 1.807) is 61.5 Å². The van der Waals surface area contributed by atoms with Gasteiger partial charge >= 0.3 is 5.91 Å². The fourth-order valence-corrected chi connectivity index (χ4v) is 3.85. The Morgan fingerprint density at radius 2 is 1.68 bits per heavy atom. The van der Waals surface area contributed by atoms with Gasteiger partial charge in [-0.2, -0.15) is 0 Å². The molecule has 1 atom stereocenters. The molecule has 1 aromatic heterocycles. The third kappa shape index (κ3) is 4.39. The largest absolute Gasteiger partial charge is 0.507 e. The second-order valence-corrected chi connectivity index (χ2v) is 7.84. The number of hydrogen-bond acceptors (Lipinski definition) is 7. The zero-order valence-corrected chi connectivity index (χ0v) is 19.3. The number of aromatic nitrogens is 1. The molecule has 4 rings (SSSR count). The van der Waals surface area contributed by atoms with Gasteiger partial charge in [-0.15, -0.1) is 0 Å². The van der Waals surface area contributed by atoms with Crippen LogP contribution in [0.15, 0.2) is 64.7 Å². The molecule has 176 valence electrons. The van der Waals surface area contributed by atoms with Crippen LogP contribution in [0.4, 0.5) is 5.82 Å². The number of carbonyl (C=O) groups excluding carboxylic acids is 2. The predicted molar refractivity (Wildman–Crippen MR) is 126 cm³/mol. The SMILES string of the molecule is CCCOc1ccc(C2C(=C(O)c3ccc(OCC)cc3)C(=O)C(=O)N2c2cc(C)on2)cc1. The van der Waals surface area contributed by atoms with Crippen LogP contribution in [0, 0.1) is 6.92 Å². The Kier molecular flexibility index (Phi) is 6.67. The Morgan fingerprint density at radius 3 is 2.26 bits per heavy atom. The Labute approximate surface area is 197 Å². The molecule has 0 saturated carbocycles. The average molecular weight is 463 g/mol. The number of carbonyl (C=O) groups is 2. The Bertz CT molecular complexity index is 1210. The molecule has 1 amide bonds. The van der Waals surface area contributed by atoms with E-state index in [0.29, 0.717) is 41.6 Å². The van der Waals surface area contributed by atoms with Crippen LogP contribution in [0.5, 0.6) is 11.5 Å². The molecular weight excluding hydrogens is 436 g/mol. The monoisotopic (exact) mass is 462 g/mol. The van der Waals surface area contributed by atoms with Gasteiger partial charge in [-0.25, -0.2) is 0 Å². The fourth-order valence-electron chi connectivity index (χ4n) is 3.85. The standard InChI is InChI=1S/C26H26N2O6/c1-4-14-33-20-10-6-17(7-11-20)23-22(24(29)18-8-12-19(13-9-18)32-5-2)25(30)26(31)28(23)21-15-16(3)34-27-21/h6-13,15,23,29H,4-5,14H2,1-3H3. The molecule has 1 N–H and O–H groups in total. The zero-order valence-electron chi connectivity index (χ0n) is 19.3. The van der Waals surface area contributed by atoms with Crippen molar-refractivity contribution in [3.8, 4) is 11.5 Å². The molecule has 2 heterocycles. The molecule has 1 aliphatic rings. The zero-order chi connectivity index (χ0) is 24.2. The van der Waals surface area contributed by atoms with Crippen molar-refractivity contribution in [1.82, 2.24) is 5.16 Å². The molecule has 1 saturated heterocycles. The third-order valence-electron chi connectivity index (χ3n) is 5.41. The van der Waals surface area contributed by atoms with Crippen LogP contribution in [0.25, 0.3) is 5.76 Å². The number of nitrogens with zero attached hydrogens (tertiary/aromatic N) is 2. The van der Waals surface area contributed by atoms with Crippen LogP contribution in [0.2, 0.25) is 0 Å². The summed E-state index contributed by atoms with van der Waals surface area (Å²) in [6.45, 7) is 6.67. The van der Waals surface area contributed by atoms with Crippen molar-refractivity contribution in [3.63, 3.8) is 0 Å². The van der Waals surface area contributed by atoms with Gasteiger partial charge < -0.3 is 19.1 Å². The van der Waals surface area contributed by atoms with Crippen molar-refractivity contribution < 1.29 is 28.7 Å². The van der Waals surface area contributed by atoms with Crippen LogP contribution in [-0.2, 0) is 9.59 Å². The fraction of sp³-hybridized carbons (Fsp3) is 0.269. The molecule has 8 nitrogen and oxygen atoms in total. The van der Waals surface area contributed by atoms with Gasteiger partial charge in [0, 0.05) is 11.6 Å². The molecule has 1 fully saturated rings. The minimum atomic E-state index is -0.892. The lowest BCUT2D eigenvalue weighted by Gasteiger charge is -2.23. The maximum absolute atomic E-state index is 13.2. The van der Waals surface area contributed by atoms with Crippen molar-refractivity contribution in [2.45, 2.75) is 33.2 Å². The Balaban J connectivity index is 1.82. The molecule has 0 bridgehead atoms. The van der Waals surface area contributed by atoms with Crippen molar-refractivity contribution in [2.75, 3.05) is 18.1 Å². The molecule has 8 heteroatoms. The summed E-state index contributed by atoms with van der Waals surface area (Å²) >= 11 is 0. The molecule has 0 radical (unpaired) electrons. The van der Waals surface area contributed by atoms with Crippen LogP contribution in [0.1, 0.15) is 43.2 Å². The number of anilines is 1. The highest BCUT2D eigenvalue weighted by Gasteiger charge is 2.48. The molecule has 0 aliphatic carbocycles. The number of benzene rings is 2. The highest BCUT2D eigenvalue weighted by atomic mass is 16.5. The molecule has 2 aromatic carbocycles. The second-order valence-electron chi connectivity index (χ2n) is 7.84. The van der Waals surface area contributed by atoms with E-state index in [4.69, 9.17) is 14.0 Å². The lowest BCUT2D eigenvalue weighted by Crippen LogP contribution is -2.29. The summed E-state index contributed by atoms with van der Waals surface area (Å²) in [5.41, 5.74) is 0.985. The summed E-state index contributed by atoms with van der Waals surface area (Å²) in [5, 5.41) is 15.1. The lowest BCUT2D eigenvalue weighted by atomic mass is 9.95. The number of ether oxygens (including phenoxy) is 2. The van der Waals surface area contributed by atoms with E-state index in [9.17, 15) is 14.7 Å². The molecular formula is C26H26N2O6. The number of ketones is 1. The highest BCUT2D eigenvalue weighted by Crippen LogP contribution is 2.42. The number of aryl methyl sites for hydroxylation is 1. The third-order valence-corrected chi connectivity index (χ3v) is 5.41.